The number of allylic oxidation sites excluding steroid dienone is 1. The van der Waals surface area contributed by atoms with Gasteiger partial charge < -0.3 is 24.1 Å². The minimum Gasteiger partial charge on any atom is -0.507 e. The summed E-state index contributed by atoms with van der Waals surface area (Å²) in [5.41, 5.74) is 3.17. The molecule has 8 nitrogen and oxygen atoms in total. The van der Waals surface area contributed by atoms with Gasteiger partial charge in [-0.2, -0.15) is 0 Å². The summed E-state index contributed by atoms with van der Waals surface area (Å²) in [5, 5.41) is 10.7. The van der Waals surface area contributed by atoms with Crippen LogP contribution in [0, 0.1) is 0 Å². The third-order valence-electron chi connectivity index (χ3n) is 7.09. The number of rotatable bonds is 7. The van der Waals surface area contributed by atoms with E-state index in [4.69, 9.17) is 18.9 Å². The minimum absolute atomic E-state index is 0.140. The first-order chi connectivity index (χ1) is 18.6. The Hall–Kier alpha value is -4.01. The maximum absolute atomic E-state index is 13.1. The van der Waals surface area contributed by atoms with Crippen LogP contribution in [0.15, 0.2) is 60.4 Å². The van der Waals surface area contributed by atoms with Crippen LogP contribution in [0.5, 0.6) is 28.7 Å². The number of ketones is 1. The zero-order valence-corrected chi connectivity index (χ0v) is 21.3. The fraction of sp³-hybridized carbons (Fsp3) is 0.300. The number of hydrogen-bond donors (Lipinski definition) is 1. The van der Waals surface area contributed by atoms with Gasteiger partial charge in [-0.3, -0.25) is 14.6 Å². The Kier molecular flexibility index (Phi) is 6.66. The molecule has 8 heteroatoms. The third kappa shape index (κ3) is 4.92. The number of aromatic hydroxyl groups is 1. The highest BCUT2D eigenvalue weighted by molar-refractivity contribution is 6.15. The molecule has 1 fully saturated rings. The number of phenolic OH excluding ortho intramolecular Hbond substituents is 1. The molecule has 0 saturated carbocycles. The molecule has 0 spiro atoms. The van der Waals surface area contributed by atoms with E-state index in [1.54, 1.807) is 18.2 Å². The van der Waals surface area contributed by atoms with Gasteiger partial charge >= 0.3 is 0 Å². The molecule has 3 aliphatic heterocycles. The Labute approximate surface area is 221 Å². The van der Waals surface area contributed by atoms with Crippen molar-refractivity contribution in [2.24, 2.45) is 0 Å². The maximum Gasteiger partial charge on any atom is 0.231 e. The first-order valence-corrected chi connectivity index (χ1v) is 12.9. The number of carbonyl (C=O) groups is 1. The molecule has 1 saturated heterocycles. The van der Waals surface area contributed by atoms with Crippen molar-refractivity contribution < 1.29 is 28.8 Å². The van der Waals surface area contributed by atoms with E-state index in [1.165, 1.54) is 5.56 Å². The van der Waals surface area contributed by atoms with E-state index < -0.39 is 0 Å². The second-order valence-electron chi connectivity index (χ2n) is 9.62. The third-order valence-corrected chi connectivity index (χ3v) is 7.09. The van der Waals surface area contributed by atoms with Crippen LogP contribution in [-0.4, -0.2) is 60.3 Å². The molecular formula is C30H30N2O6. The van der Waals surface area contributed by atoms with Gasteiger partial charge in [0.05, 0.1) is 17.7 Å². The molecule has 0 aliphatic carbocycles. The van der Waals surface area contributed by atoms with Gasteiger partial charge in [0.1, 0.15) is 17.2 Å². The zero-order valence-electron chi connectivity index (χ0n) is 21.3. The van der Waals surface area contributed by atoms with Gasteiger partial charge in [0, 0.05) is 39.3 Å². The number of benzene rings is 3. The lowest BCUT2D eigenvalue weighted by atomic mass is 10.0. The second kappa shape index (κ2) is 10.4. The van der Waals surface area contributed by atoms with Crippen LogP contribution in [0.2, 0.25) is 0 Å². The summed E-state index contributed by atoms with van der Waals surface area (Å²) in [6.07, 6.45) is 1.73. The van der Waals surface area contributed by atoms with E-state index in [9.17, 15) is 9.90 Å². The average molecular weight is 515 g/mol. The predicted octanol–water partition coefficient (Wildman–Crippen LogP) is 4.45. The van der Waals surface area contributed by atoms with Gasteiger partial charge in [-0.15, -0.1) is 0 Å². The molecule has 3 aliphatic rings. The number of phenols is 1. The molecule has 196 valence electrons. The Morgan fingerprint density at radius 2 is 1.66 bits per heavy atom. The van der Waals surface area contributed by atoms with Crippen molar-refractivity contribution in [3.8, 4) is 28.7 Å². The van der Waals surface area contributed by atoms with Gasteiger partial charge in [-0.1, -0.05) is 18.2 Å². The molecule has 0 radical (unpaired) electrons. The number of piperazine rings is 1. The number of fused-ring (bicyclic) bond motifs is 2. The molecule has 3 heterocycles. The molecule has 0 unspecified atom stereocenters. The summed E-state index contributed by atoms with van der Waals surface area (Å²) in [5.74, 6) is 3.05. The molecule has 6 rings (SSSR count). The summed E-state index contributed by atoms with van der Waals surface area (Å²) in [6.45, 7) is 7.64. The van der Waals surface area contributed by atoms with E-state index in [1.807, 2.05) is 43.3 Å². The Bertz CT molecular complexity index is 1380. The van der Waals surface area contributed by atoms with Crippen molar-refractivity contribution in [2.45, 2.75) is 20.0 Å². The normalized spacial score (nSPS) is 18.0. The lowest BCUT2D eigenvalue weighted by Gasteiger charge is -2.35. The largest absolute Gasteiger partial charge is 0.507 e. The van der Waals surface area contributed by atoms with Crippen LogP contribution < -0.4 is 18.9 Å². The fourth-order valence-electron chi connectivity index (χ4n) is 5.05. The van der Waals surface area contributed by atoms with Crippen LogP contribution >= 0.6 is 0 Å². The molecule has 3 aromatic rings. The first kappa shape index (κ1) is 24.3. The Balaban J connectivity index is 1.11. The Morgan fingerprint density at radius 3 is 2.42 bits per heavy atom. The summed E-state index contributed by atoms with van der Waals surface area (Å²) < 4.78 is 22.5. The van der Waals surface area contributed by atoms with Crippen molar-refractivity contribution in [1.29, 1.82) is 0 Å². The molecule has 3 aromatic carbocycles. The number of Topliss-reactive ketones (excluding diaryl/α,β-unsaturated/α-hetero) is 1. The number of ether oxygens (including phenoxy) is 4. The van der Waals surface area contributed by atoms with E-state index >= 15 is 0 Å². The average Bonchev–Trinajstić information content (AvgIpc) is 3.52. The van der Waals surface area contributed by atoms with Crippen LogP contribution in [0.3, 0.4) is 0 Å². The summed E-state index contributed by atoms with van der Waals surface area (Å²) >= 11 is 0. The van der Waals surface area contributed by atoms with Crippen LogP contribution in [0.4, 0.5) is 0 Å². The van der Waals surface area contributed by atoms with E-state index in [-0.39, 0.29) is 24.1 Å². The van der Waals surface area contributed by atoms with Gasteiger partial charge in [-0.05, 0) is 60.5 Å². The Morgan fingerprint density at radius 1 is 0.921 bits per heavy atom. The maximum atomic E-state index is 13.1. The summed E-state index contributed by atoms with van der Waals surface area (Å²) in [4.78, 5) is 17.8. The lowest BCUT2D eigenvalue weighted by molar-refractivity contribution is 0.101. The SMILES string of the molecule is CCOc1ccc(/C=C2\Oc3c(ccc(O)c3CN3CCN(Cc4ccc5c(c4)OCO5)CC3)C2=O)cc1. The van der Waals surface area contributed by atoms with Crippen LogP contribution in [0.1, 0.15) is 34.0 Å². The van der Waals surface area contributed by atoms with Gasteiger partial charge in [0.25, 0.3) is 0 Å². The minimum atomic E-state index is -0.177. The molecule has 0 amide bonds. The zero-order chi connectivity index (χ0) is 26.1. The van der Waals surface area contributed by atoms with E-state index in [2.05, 4.69) is 15.9 Å². The molecule has 0 aromatic heterocycles. The summed E-state index contributed by atoms with van der Waals surface area (Å²) in [6, 6.07) is 16.8. The van der Waals surface area contributed by atoms with Crippen molar-refractivity contribution >= 4 is 11.9 Å². The van der Waals surface area contributed by atoms with Crippen molar-refractivity contribution in [2.75, 3.05) is 39.6 Å². The second-order valence-corrected chi connectivity index (χ2v) is 9.62. The smallest absolute Gasteiger partial charge is 0.231 e. The van der Waals surface area contributed by atoms with Gasteiger partial charge in [-0.25, -0.2) is 0 Å². The van der Waals surface area contributed by atoms with E-state index in [0.29, 0.717) is 30.0 Å². The highest BCUT2D eigenvalue weighted by Crippen LogP contribution is 2.40. The molecule has 0 bridgehead atoms. The van der Waals surface area contributed by atoms with Crippen LogP contribution in [0.25, 0.3) is 6.08 Å². The van der Waals surface area contributed by atoms with E-state index in [0.717, 1.165) is 55.5 Å². The number of hydrogen-bond acceptors (Lipinski definition) is 8. The summed E-state index contributed by atoms with van der Waals surface area (Å²) in [7, 11) is 0. The topological polar surface area (TPSA) is 80.7 Å². The lowest BCUT2D eigenvalue weighted by Crippen LogP contribution is -2.45. The molecular weight excluding hydrogens is 484 g/mol. The standard InChI is InChI=1S/C30H30N2O6/c1-2-35-22-6-3-20(4-7-22)15-28-29(34)23-8-9-25(33)24(30(23)38-28)18-32-13-11-31(12-14-32)17-21-5-10-26-27(16-21)37-19-36-26/h3-10,15-16,33H,2,11-14,17-19H2,1H3/b28-15-. The monoisotopic (exact) mass is 514 g/mol. The highest BCUT2D eigenvalue weighted by Gasteiger charge is 2.32. The van der Waals surface area contributed by atoms with Crippen molar-refractivity contribution in [3.05, 3.63) is 82.6 Å². The van der Waals surface area contributed by atoms with Crippen molar-refractivity contribution in [3.63, 3.8) is 0 Å². The molecule has 0 atom stereocenters. The number of carbonyl (C=O) groups excluding carboxylic acids is 1. The van der Waals surface area contributed by atoms with Crippen LogP contribution in [-0.2, 0) is 13.1 Å². The molecule has 1 N–H and O–H groups in total. The van der Waals surface area contributed by atoms with Crippen molar-refractivity contribution in [1.82, 2.24) is 9.80 Å². The number of nitrogens with zero attached hydrogens (tertiary/aromatic N) is 2. The predicted molar refractivity (Wildman–Crippen MR) is 142 cm³/mol. The fourth-order valence-corrected chi connectivity index (χ4v) is 5.05. The highest BCUT2D eigenvalue weighted by atomic mass is 16.7. The first-order valence-electron chi connectivity index (χ1n) is 12.9. The van der Waals surface area contributed by atoms with Gasteiger partial charge in [0.2, 0.25) is 12.6 Å². The van der Waals surface area contributed by atoms with Gasteiger partial charge in [0.15, 0.2) is 17.3 Å². The molecule has 38 heavy (non-hydrogen) atoms. The quantitative estimate of drug-likeness (QED) is 0.463.